The van der Waals surface area contributed by atoms with Gasteiger partial charge in [-0.15, -0.1) is 0 Å². The first-order chi connectivity index (χ1) is 3.27. The van der Waals surface area contributed by atoms with Gasteiger partial charge in [-0.25, -0.2) is 0 Å². The third-order valence-corrected chi connectivity index (χ3v) is 0.358. The van der Waals surface area contributed by atoms with Crippen molar-refractivity contribution >= 4 is 7.32 Å². The van der Waals surface area contributed by atoms with Crippen molar-refractivity contribution < 1.29 is 19.8 Å². The molecule has 0 aromatic carbocycles. The molecule has 9 heavy (non-hydrogen) atoms. The molecule has 7 heteroatoms. The number of hydrogen-bond acceptors (Lipinski definition) is 6. The minimum absolute atomic E-state index is 0. The van der Waals surface area contributed by atoms with Gasteiger partial charge in [0.25, 0.3) is 0 Å². The zero-order chi connectivity index (χ0) is 5.70. The van der Waals surface area contributed by atoms with Gasteiger partial charge in [0.2, 0.25) is 0 Å². The van der Waals surface area contributed by atoms with Gasteiger partial charge in [0.05, 0.1) is 13.2 Å². The molecule has 0 spiro atoms. The molecule has 0 aromatic rings. The molecule has 6 nitrogen and oxygen atoms in total. The second kappa shape index (κ2) is 10.7. The summed E-state index contributed by atoms with van der Waals surface area (Å²) in [4.78, 5) is 0. The molecule has 58 valence electrons. The van der Waals surface area contributed by atoms with Crippen LogP contribution in [0.2, 0.25) is 0 Å². The van der Waals surface area contributed by atoms with E-state index in [-0.39, 0.29) is 25.5 Å². The van der Waals surface area contributed by atoms with Crippen LogP contribution >= 0.6 is 0 Å². The van der Waals surface area contributed by atoms with E-state index >= 15 is 0 Å². The van der Waals surface area contributed by atoms with Crippen LogP contribution in [0.1, 0.15) is 0 Å². The standard InChI is InChI=1S/C2H7BO4.2H3N/c4-1-2-7-3(5)6;;/h4-6H,1-2H2;2*1H3. The molecule has 0 aromatic heterocycles. The molecule has 9 N–H and O–H groups in total. The normalized spacial score (nSPS) is 7.00. The highest BCUT2D eigenvalue weighted by Gasteiger charge is 2.05. The van der Waals surface area contributed by atoms with E-state index in [0.717, 1.165) is 0 Å². The molecule has 0 saturated carbocycles. The highest BCUT2D eigenvalue weighted by Crippen LogP contribution is 1.70. The van der Waals surface area contributed by atoms with Gasteiger partial charge in [-0.1, -0.05) is 0 Å². The first kappa shape index (κ1) is 15.9. The lowest BCUT2D eigenvalue weighted by Gasteiger charge is -1.95. The van der Waals surface area contributed by atoms with Gasteiger partial charge in [0.15, 0.2) is 0 Å². The molecule has 0 bridgehead atoms. The summed E-state index contributed by atoms with van der Waals surface area (Å²) < 4.78 is 4.05. The van der Waals surface area contributed by atoms with Gasteiger partial charge in [0.1, 0.15) is 0 Å². The Bertz CT molecular complexity index is 45.5. The van der Waals surface area contributed by atoms with Crippen LogP contribution in [-0.2, 0) is 4.65 Å². The van der Waals surface area contributed by atoms with Gasteiger partial charge < -0.3 is 32.1 Å². The van der Waals surface area contributed by atoms with Crippen molar-refractivity contribution in [2.24, 2.45) is 0 Å². The molecular formula is C2H13BN2O4. The molecule has 0 unspecified atom stereocenters. The van der Waals surface area contributed by atoms with Crippen molar-refractivity contribution in [3.05, 3.63) is 0 Å². The van der Waals surface area contributed by atoms with Crippen molar-refractivity contribution in [3.63, 3.8) is 0 Å². The summed E-state index contributed by atoms with van der Waals surface area (Å²) in [6.45, 7) is -0.241. The molecule has 0 rings (SSSR count). The number of hydrogen-bond donors (Lipinski definition) is 5. The van der Waals surface area contributed by atoms with Gasteiger partial charge in [-0.3, -0.25) is 0 Å². The smallest absolute Gasteiger partial charge is 0.402 e. The Kier molecular flexibility index (Phi) is 19.0. The van der Waals surface area contributed by atoms with Crippen molar-refractivity contribution in [1.82, 2.24) is 12.3 Å². The van der Waals surface area contributed by atoms with E-state index in [1.54, 1.807) is 0 Å². The van der Waals surface area contributed by atoms with Crippen LogP contribution < -0.4 is 12.3 Å². The molecule has 0 amide bonds. The summed E-state index contributed by atoms with van der Waals surface area (Å²) in [5.41, 5.74) is 0. The average Bonchev–Trinajstić information content (AvgIpc) is 1.61. The van der Waals surface area contributed by atoms with Crippen LogP contribution in [0.4, 0.5) is 0 Å². The van der Waals surface area contributed by atoms with E-state index in [4.69, 9.17) is 15.2 Å². The first-order valence-electron chi connectivity index (χ1n) is 1.86. The fraction of sp³-hybridized carbons (Fsp3) is 1.00. The maximum Gasteiger partial charge on any atom is 0.633 e. The third kappa shape index (κ3) is 18.1. The van der Waals surface area contributed by atoms with Gasteiger partial charge in [-0.05, 0) is 0 Å². The molecule has 0 aliphatic carbocycles. The lowest BCUT2D eigenvalue weighted by atomic mass is 10.3. The molecule has 0 radical (unpaired) electrons. The molecule has 0 aliphatic rings. The summed E-state index contributed by atoms with van der Waals surface area (Å²) in [5.74, 6) is 0. The zero-order valence-corrected chi connectivity index (χ0v) is 5.16. The fourth-order valence-electron chi connectivity index (χ4n) is 0.158. The Morgan fingerprint density at radius 2 is 1.67 bits per heavy atom. The third-order valence-electron chi connectivity index (χ3n) is 0.358. The second-order valence-corrected chi connectivity index (χ2v) is 0.921. The minimum atomic E-state index is -1.76. The SMILES string of the molecule is N.N.OCCOB(O)O. The molecule has 0 saturated heterocycles. The van der Waals surface area contributed by atoms with E-state index in [1.807, 2.05) is 0 Å². The van der Waals surface area contributed by atoms with E-state index < -0.39 is 7.32 Å². The molecule has 0 fully saturated rings. The number of aliphatic hydroxyl groups is 1. The summed E-state index contributed by atoms with van der Waals surface area (Å²) in [6, 6.07) is 0. The van der Waals surface area contributed by atoms with Crippen molar-refractivity contribution in [2.45, 2.75) is 0 Å². The lowest BCUT2D eigenvalue weighted by Crippen LogP contribution is -2.18. The Morgan fingerprint density at radius 3 is 1.78 bits per heavy atom. The quantitative estimate of drug-likeness (QED) is 0.295. The predicted molar refractivity (Wildman–Crippen MR) is 33.3 cm³/mol. The summed E-state index contributed by atoms with van der Waals surface area (Å²) >= 11 is 0. The Morgan fingerprint density at radius 1 is 1.22 bits per heavy atom. The number of aliphatic hydroxyl groups excluding tert-OH is 1. The molecule has 0 aliphatic heterocycles. The van der Waals surface area contributed by atoms with Crippen LogP contribution in [0.5, 0.6) is 0 Å². The molecule has 0 atom stereocenters. The van der Waals surface area contributed by atoms with Crippen molar-refractivity contribution in [3.8, 4) is 0 Å². The van der Waals surface area contributed by atoms with Crippen LogP contribution in [0.25, 0.3) is 0 Å². The Hall–Kier alpha value is -0.175. The van der Waals surface area contributed by atoms with Gasteiger partial charge in [-0.2, -0.15) is 0 Å². The molecular weight excluding hydrogens is 127 g/mol. The van der Waals surface area contributed by atoms with Crippen LogP contribution in [0, 0.1) is 0 Å². The van der Waals surface area contributed by atoms with Crippen molar-refractivity contribution in [2.75, 3.05) is 13.2 Å². The molecule has 0 heterocycles. The predicted octanol–water partition coefficient (Wildman–Crippen LogP) is -1.71. The summed E-state index contributed by atoms with van der Waals surface area (Å²) in [6.07, 6.45) is 0. The number of rotatable bonds is 3. The summed E-state index contributed by atoms with van der Waals surface area (Å²) in [5, 5.41) is 23.8. The maximum absolute atomic E-state index is 7.97. The Labute approximate surface area is 53.8 Å². The largest absolute Gasteiger partial charge is 0.633 e. The fourth-order valence-corrected chi connectivity index (χ4v) is 0.158. The lowest BCUT2D eigenvalue weighted by molar-refractivity contribution is 0.141. The van der Waals surface area contributed by atoms with Crippen molar-refractivity contribution in [1.29, 1.82) is 0 Å². The van der Waals surface area contributed by atoms with Gasteiger partial charge >= 0.3 is 7.32 Å². The Balaban J connectivity index is -0.000000180. The monoisotopic (exact) mass is 140 g/mol. The minimum Gasteiger partial charge on any atom is -0.402 e. The second-order valence-electron chi connectivity index (χ2n) is 0.921. The van der Waals surface area contributed by atoms with E-state index in [2.05, 4.69) is 4.65 Å². The van der Waals surface area contributed by atoms with E-state index in [1.165, 1.54) is 0 Å². The first-order valence-corrected chi connectivity index (χ1v) is 1.86. The zero-order valence-electron chi connectivity index (χ0n) is 5.16. The highest BCUT2D eigenvalue weighted by molar-refractivity contribution is 6.32. The maximum atomic E-state index is 7.97. The van der Waals surface area contributed by atoms with Gasteiger partial charge in [0, 0.05) is 0 Å². The average molecular weight is 140 g/mol. The van der Waals surface area contributed by atoms with Crippen LogP contribution in [0.15, 0.2) is 0 Å². The van der Waals surface area contributed by atoms with Crippen LogP contribution in [-0.4, -0.2) is 35.7 Å². The topological polar surface area (TPSA) is 140 Å². The highest BCUT2D eigenvalue weighted by atomic mass is 16.6. The van der Waals surface area contributed by atoms with E-state index in [0.29, 0.717) is 0 Å². The summed E-state index contributed by atoms with van der Waals surface area (Å²) in [7, 11) is -1.76. The van der Waals surface area contributed by atoms with E-state index in [9.17, 15) is 0 Å². The van der Waals surface area contributed by atoms with Crippen LogP contribution in [0.3, 0.4) is 0 Å².